The molecule has 86 valence electrons. The zero-order chi connectivity index (χ0) is 11.8. The highest BCUT2D eigenvalue weighted by atomic mass is 19.1. The molecule has 1 aliphatic rings. The van der Waals surface area contributed by atoms with Gasteiger partial charge in [-0.05, 0) is 23.3 Å². The number of hydrogen-bond acceptors (Lipinski definition) is 1. The molecule has 2 aromatic carbocycles. The van der Waals surface area contributed by atoms with Crippen LogP contribution in [0.4, 0.5) is 14.5 Å². The van der Waals surface area contributed by atoms with Crippen molar-refractivity contribution in [2.45, 2.75) is 13.1 Å². The van der Waals surface area contributed by atoms with Gasteiger partial charge in [-0.15, -0.1) is 0 Å². The van der Waals surface area contributed by atoms with Gasteiger partial charge < -0.3 is 4.90 Å². The van der Waals surface area contributed by atoms with E-state index in [2.05, 4.69) is 0 Å². The van der Waals surface area contributed by atoms with Crippen molar-refractivity contribution in [2.24, 2.45) is 0 Å². The van der Waals surface area contributed by atoms with Gasteiger partial charge in [0.15, 0.2) is 0 Å². The highest BCUT2D eigenvalue weighted by molar-refractivity contribution is 5.52. The first kappa shape index (κ1) is 10.3. The maximum Gasteiger partial charge on any atom is 0.149 e. The van der Waals surface area contributed by atoms with Gasteiger partial charge in [-0.2, -0.15) is 0 Å². The van der Waals surface area contributed by atoms with E-state index >= 15 is 0 Å². The molecule has 0 spiro atoms. The van der Waals surface area contributed by atoms with Crippen molar-refractivity contribution in [1.29, 1.82) is 0 Å². The summed E-state index contributed by atoms with van der Waals surface area (Å²) in [6, 6.07) is 11.7. The van der Waals surface area contributed by atoms with E-state index in [4.69, 9.17) is 0 Å². The van der Waals surface area contributed by atoms with E-state index in [1.807, 2.05) is 29.2 Å². The van der Waals surface area contributed by atoms with Crippen LogP contribution in [0.25, 0.3) is 0 Å². The molecule has 2 aromatic rings. The Morgan fingerprint density at radius 1 is 0.882 bits per heavy atom. The smallest absolute Gasteiger partial charge is 0.149 e. The van der Waals surface area contributed by atoms with Crippen molar-refractivity contribution in [3.8, 4) is 0 Å². The van der Waals surface area contributed by atoms with Crippen LogP contribution in [0.1, 0.15) is 11.1 Å². The fourth-order valence-corrected chi connectivity index (χ4v) is 2.24. The number of fused-ring (bicyclic) bond motifs is 1. The monoisotopic (exact) mass is 231 g/mol. The molecule has 0 fully saturated rings. The van der Waals surface area contributed by atoms with Gasteiger partial charge in [0, 0.05) is 19.2 Å². The van der Waals surface area contributed by atoms with E-state index in [9.17, 15) is 8.78 Å². The van der Waals surface area contributed by atoms with Gasteiger partial charge in [0.1, 0.15) is 11.6 Å². The van der Waals surface area contributed by atoms with Crippen molar-refractivity contribution >= 4 is 5.69 Å². The molecule has 0 aliphatic carbocycles. The molecule has 17 heavy (non-hydrogen) atoms. The number of hydrogen-bond donors (Lipinski definition) is 0. The maximum atomic E-state index is 13.6. The predicted molar refractivity (Wildman–Crippen MR) is 62.7 cm³/mol. The van der Waals surface area contributed by atoms with Crippen LogP contribution >= 0.6 is 0 Å². The van der Waals surface area contributed by atoms with Crippen molar-refractivity contribution < 1.29 is 8.78 Å². The lowest BCUT2D eigenvalue weighted by Gasteiger charge is -2.18. The summed E-state index contributed by atoms with van der Waals surface area (Å²) in [5.41, 5.74) is 2.87. The first-order valence-electron chi connectivity index (χ1n) is 5.51. The number of benzene rings is 2. The van der Waals surface area contributed by atoms with Gasteiger partial charge in [-0.25, -0.2) is 8.78 Å². The molecule has 0 radical (unpaired) electrons. The Bertz CT molecular complexity index is 541. The van der Waals surface area contributed by atoms with Gasteiger partial charge in [0.2, 0.25) is 0 Å². The first-order valence-corrected chi connectivity index (χ1v) is 5.51. The minimum Gasteiger partial charge on any atom is -0.360 e. The minimum absolute atomic E-state index is 0.461. The zero-order valence-corrected chi connectivity index (χ0v) is 9.16. The summed E-state index contributed by atoms with van der Waals surface area (Å²) >= 11 is 0. The van der Waals surface area contributed by atoms with E-state index in [-0.39, 0.29) is 0 Å². The summed E-state index contributed by atoms with van der Waals surface area (Å²) in [6.07, 6.45) is 0. The zero-order valence-electron chi connectivity index (χ0n) is 9.16. The summed E-state index contributed by atoms with van der Waals surface area (Å²) in [6.45, 7) is 1.36. The van der Waals surface area contributed by atoms with Gasteiger partial charge in [0.05, 0.1) is 5.69 Å². The molecule has 1 aliphatic heterocycles. The molecular formula is C14H11F2N. The van der Waals surface area contributed by atoms with Crippen LogP contribution in [0.3, 0.4) is 0 Å². The Hall–Kier alpha value is -1.90. The van der Waals surface area contributed by atoms with Crippen molar-refractivity contribution in [1.82, 2.24) is 0 Å². The number of halogens is 2. The summed E-state index contributed by atoms with van der Waals surface area (Å²) < 4.78 is 26.5. The fraction of sp³-hybridized carbons (Fsp3) is 0.143. The van der Waals surface area contributed by atoms with Gasteiger partial charge >= 0.3 is 0 Å². The molecule has 3 heteroatoms. The van der Waals surface area contributed by atoms with Crippen LogP contribution in [0.15, 0.2) is 42.5 Å². The third-order valence-corrected chi connectivity index (χ3v) is 3.09. The van der Waals surface area contributed by atoms with E-state index in [1.165, 1.54) is 23.3 Å². The number of rotatable bonds is 1. The van der Waals surface area contributed by atoms with Crippen molar-refractivity contribution in [2.75, 3.05) is 4.90 Å². The molecule has 0 atom stereocenters. The molecule has 1 heterocycles. The molecule has 3 rings (SSSR count). The molecule has 0 saturated heterocycles. The van der Waals surface area contributed by atoms with E-state index in [1.54, 1.807) is 0 Å². The van der Waals surface area contributed by atoms with Crippen LogP contribution < -0.4 is 4.90 Å². The SMILES string of the molecule is Fc1ccc(N2Cc3ccccc3C2)c(F)c1. The Morgan fingerprint density at radius 2 is 1.53 bits per heavy atom. The lowest BCUT2D eigenvalue weighted by molar-refractivity contribution is 0.579. The van der Waals surface area contributed by atoms with Gasteiger partial charge in [-0.3, -0.25) is 0 Å². The van der Waals surface area contributed by atoms with Crippen LogP contribution in [0.5, 0.6) is 0 Å². The van der Waals surface area contributed by atoms with Crippen molar-refractivity contribution in [3.63, 3.8) is 0 Å². The third kappa shape index (κ3) is 1.78. The molecule has 0 bridgehead atoms. The second kappa shape index (κ2) is 3.84. The Labute approximate surface area is 98.3 Å². The normalized spacial score (nSPS) is 13.9. The Morgan fingerprint density at radius 3 is 2.12 bits per heavy atom. The lowest BCUT2D eigenvalue weighted by Crippen LogP contribution is -2.16. The van der Waals surface area contributed by atoms with Crippen LogP contribution in [-0.2, 0) is 13.1 Å². The molecular weight excluding hydrogens is 220 g/mol. The molecule has 0 saturated carbocycles. The quantitative estimate of drug-likeness (QED) is 0.726. The second-order valence-corrected chi connectivity index (χ2v) is 4.22. The topological polar surface area (TPSA) is 3.24 Å². The molecule has 0 unspecified atom stereocenters. The highest BCUT2D eigenvalue weighted by Crippen LogP contribution is 2.29. The number of nitrogens with zero attached hydrogens (tertiary/aromatic N) is 1. The van der Waals surface area contributed by atoms with Gasteiger partial charge in [-0.1, -0.05) is 24.3 Å². The minimum atomic E-state index is -0.539. The number of anilines is 1. The van der Waals surface area contributed by atoms with Crippen LogP contribution in [-0.4, -0.2) is 0 Å². The Kier molecular flexibility index (Phi) is 2.32. The third-order valence-electron chi connectivity index (χ3n) is 3.09. The first-order chi connectivity index (χ1) is 8.24. The van der Waals surface area contributed by atoms with Gasteiger partial charge in [0.25, 0.3) is 0 Å². The average molecular weight is 231 g/mol. The highest BCUT2D eigenvalue weighted by Gasteiger charge is 2.20. The average Bonchev–Trinajstić information content (AvgIpc) is 2.72. The van der Waals surface area contributed by atoms with E-state index < -0.39 is 11.6 Å². The maximum absolute atomic E-state index is 13.6. The molecule has 0 aromatic heterocycles. The predicted octanol–water partition coefficient (Wildman–Crippen LogP) is 3.49. The summed E-state index contributed by atoms with van der Waals surface area (Å²) in [4.78, 5) is 1.92. The fourth-order valence-electron chi connectivity index (χ4n) is 2.24. The molecule has 1 nitrogen and oxygen atoms in total. The van der Waals surface area contributed by atoms with E-state index in [0.29, 0.717) is 18.8 Å². The van der Waals surface area contributed by atoms with Crippen molar-refractivity contribution in [3.05, 3.63) is 65.2 Å². The lowest BCUT2D eigenvalue weighted by atomic mass is 10.1. The second-order valence-electron chi connectivity index (χ2n) is 4.22. The summed E-state index contributed by atoms with van der Waals surface area (Å²) in [5, 5.41) is 0. The standard InChI is InChI=1S/C14H11F2N/c15-12-5-6-14(13(16)7-12)17-8-10-3-1-2-4-11(10)9-17/h1-7H,8-9H2. The van der Waals surface area contributed by atoms with E-state index in [0.717, 1.165) is 6.07 Å². The molecule has 0 N–H and O–H groups in total. The largest absolute Gasteiger partial charge is 0.360 e. The summed E-state index contributed by atoms with van der Waals surface area (Å²) in [5.74, 6) is -1.04. The molecule has 0 amide bonds. The summed E-state index contributed by atoms with van der Waals surface area (Å²) in [7, 11) is 0. The van der Waals surface area contributed by atoms with Crippen LogP contribution in [0.2, 0.25) is 0 Å². The van der Waals surface area contributed by atoms with Crippen LogP contribution in [0, 0.1) is 11.6 Å². The Balaban J connectivity index is 1.94.